The van der Waals surface area contributed by atoms with Gasteiger partial charge in [0.25, 0.3) is 5.91 Å². The van der Waals surface area contributed by atoms with Gasteiger partial charge < -0.3 is 20.1 Å². The van der Waals surface area contributed by atoms with Crippen molar-refractivity contribution in [3.8, 4) is 5.75 Å². The first-order valence-electron chi connectivity index (χ1n) is 12.3. The van der Waals surface area contributed by atoms with E-state index in [0.29, 0.717) is 48.7 Å². The summed E-state index contributed by atoms with van der Waals surface area (Å²) in [6.07, 6.45) is 6.39. The first-order valence-corrected chi connectivity index (χ1v) is 12.7. The summed E-state index contributed by atoms with van der Waals surface area (Å²) in [6, 6.07) is 4.02. The van der Waals surface area contributed by atoms with Crippen molar-refractivity contribution in [3.63, 3.8) is 0 Å². The van der Waals surface area contributed by atoms with E-state index in [-0.39, 0.29) is 28.8 Å². The lowest BCUT2D eigenvalue weighted by atomic mass is 9.81. The summed E-state index contributed by atoms with van der Waals surface area (Å²) in [4.78, 5) is 38.9. The molecule has 2 saturated heterocycles. The van der Waals surface area contributed by atoms with Crippen molar-refractivity contribution in [2.75, 3.05) is 25.1 Å². The van der Waals surface area contributed by atoms with Gasteiger partial charge in [0, 0.05) is 37.5 Å². The fourth-order valence-corrected chi connectivity index (χ4v) is 5.37. The lowest BCUT2D eigenvalue weighted by Crippen LogP contribution is -2.57. The highest BCUT2D eigenvalue weighted by atomic mass is 35.5. The van der Waals surface area contributed by atoms with Gasteiger partial charge in [-0.2, -0.15) is 0 Å². The highest BCUT2D eigenvalue weighted by Crippen LogP contribution is 2.35. The number of amides is 2. The van der Waals surface area contributed by atoms with Crippen LogP contribution < -0.4 is 15.4 Å². The Morgan fingerprint density at radius 1 is 1.12 bits per heavy atom. The number of carbonyl (C=O) groups excluding carboxylic acids is 3. The van der Waals surface area contributed by atoms with Crippen LogP contribution >= 0.6 is 11.6 Å². The first kappa shape index (κ1) is 26.3. The molecule has 0 spiro atoms. The Morgan fingerprint density at radius 2 is 1.82 bits per heavy atom. The third-order valence-electron chi connectivity index (χ3n) is 6.49. The summed E-state index contributed by atoms with van der Waals surface area (Å²) in [6.45, 7) is 6.75. The van der Waals surface area contributed by atoms with Gasteiger partial charge in [-0.05, 0) is 58.6 Å². The molecule has 0 aromatic heterocycles. The van der Waals surface area contributed by atoms with E-state index in [9.17, 15) is 14.4 Å². The molecule has 2 aliphatic rings. The van der Waals surface area contributed by atoms with Crippen LogP contribution in [-0.2, 0) is 14.3 Å². The van der Waals surface area contributed by atoms with Gasteiger partial charge in [0.2, 0.25) is 5.91 Å². The summed E-state index contributed by atoms with van der Waals surface area (Å²) in [5.41, 5.74) is 0.780. The molecule has 2 atom stereocenters. The Bertz CT molecular complexity index is 880. The van der Waals surface area contributed by atoms with Crippen molar-refractivity contribution < 1.29 is 23.9 Å². The molecule has 3 rings (SSSR count). The molecule has 2 fully saturated rings. The minimum Gasteiger partial charge on any atom is -0.493 e. The number of benzene rings is 1. The molecule has 2 unspecified atom stereocenters. The van der Waals surface area contributed by atoms with E-state index in [1.165, 1.54) is 13.3 Å². The van der Waals surface area contributed by atoms with E-state index in [1.807, 2.05) is 13.8 Å². The number of ether oxygens (including phenoxy) is 2. The van der Waals surface area contributed by atoms with Crippen molar-refractivity contribution in [2.24, 2.45) is 0 Å². The molecule has 1 aromatic rings. The maximum Gasteiger partial charge on any atom is 0.305 e. The molecule has 2 heterocycles. The quantitative estimate of drug-likeness (QED) is 0.475. The van der Waals surface area contributed by atoms with Crippen LogP contribution in [-0.4, -0.2) is 60.6 Å². The molecule has 2 amide bonds. The third kappa shape index (κ3) is 6.85. The minimum atomic E-state index is -0.248. The average Bonchev–Trinajstić information content (AvgIpc) is 2.76. The summed E-state index contributed by atoms with van der Waals surface area (Å²) >= 11 is 6.33. The normalized spacial score (nSPS) is 22.1. The molecule has 0 aliphatic carbocycles. The van der Waals surface area contributed by atoms with Gasteiger partial charge in [0.05, 0.1) is 29.5 Å². The summed E-state index contributed by atoms with van der Waals surface area (Å²) < 4.78 is 10.7. The number of nitrogens with zero attached hydrogens (tertiary/aromatic N) is 1. The largest absolute Gasteiger partial charge is 0.493 e. The number of piperidine rings is 2. The van der Waals surface area contributed by atoms with Crippen molar-refractivity contribution in [2.45, 2.75) is 83.8 Å². The Balaban J connectivity index is 1.64. The smallest absolute Gasteiger partial charge is 0.305 e. The summed E-state index contributed by atoms with van der Waals surface area (Å²) in [5, 5.41) is 6.15. The molecule has 0 radical (unpaired) electrons. The number of carbonyl (C=O) groups is 3. The second-order valence-electron chi connectivity index (χ2n) is 8.97. The van der Waals surface area contributed by atoms with Gasteiger partial charge >= 0.3 is 5.97 Å². The Kier molecular flexibility index (Phi) is 9.59. The number of fused-ring (bicyclic) bond motifs is 2. The number of halogens is 1. The molecule has 2 aliphatic heterocycles. The SMILES string of the molecule is CCOC(=O)CCCN1C2CCCC1CC(NC(=O)c1cc(Cl)c(NC(C)=O)cc1OCC)C2. The molecule has 1 aromatic carbocycles. The van der Waals surface area contributed by atoms with Crippen molar-refractivity contribution in [1.29, 1.82) is 0 Å². The zero-order chi connectivity index (χ0) is 24.7. The second kappa shape index (κ2) is 12.4. The average molecular weight is 494 g/mol. The highest BCUT2D eigenvalue weighted by molar-refractivity contribution is 6.34. The Morgan fingerprint density at radius 3 is 2.44 bits per heavy atom. The summed E-state index contributed by atoms with van der Waals surface area (Å²) in [5.74, 6) is -0.214. The predicted molar refractivity (Wildman–Crippen MR) is 131 cm³/mol. The van der Waals surface area contributed by atoms with E-state index in [0.717, 1.165) is 38.6 Å². The van der Waals surface area contributed by atoms with Crippen LogP contribution in [0.3, 0.4) is 0 Å². The van der Waals surface area contributed by atoms with Gasteiger partial charge in [-0.25, -0.2) is 0 Å². The van der Waals surface area contributed by atoms with Gasteiger partial charge in [0.1, 0.15) is 5.75 Å². The molecule has 2 bridgehead atoms. The Labute approximate surface area is 206 Å². The van der Waals surface area contributed by atoms with E-state index < -0.39 is 0 Å². The molecular formula is C25H36ClN3O5. The summed E-state index contributed by atoms with van der Waals surface area (Å²) in [7, 11) is 0. The molecule has 9 heteroatoms. The molecule has 188 valence electrons. The fraction of sp³-hybridized carbons (Fsp3) is 0.640. The van der Waals surface area contributed by atoms with Crippen molar-refractivity contribution >= 4 is 35.1 Å². The third-order valence-corrected chi connectivity index (χ3v) is 6.80. The van der Waals surface area contributed by atoms with Crippen LogP contribution in [0, 0.1) is 0 Å². The molecule has 8 nitrogen and oxygen atoms in total. The van der Waals surface area contributed by atoms with Crippen LogP contribution in [0.25, 0.3) is 0 Å². The molecular weight excluding hydrogens is 458 g/mol. The maximum absolute atomic E-state index is 13.2. The molecule has 0 saturated carbocycles. The predicted octanol–water partition coefficient (Wildman–Crippen LogP) is 4.16. The van der Waals surface area contributed by atoms with E-state index >= 15 is 0 Å². The van der Waals surface area contributed by atoms with E-state index in [4.69, 9.17) is 21.1 Å². The molecule has 2 N–H and O–H groups in total. The zero-order valence-electron chi connectivity index (χ0n) is 20.3. The first-order chi connectivity index (χ1) is 16.3. The number of nitrogens with one attached hydrogen (secondary N) is 2. The maximum atomic E-state index is 13.2. The lowest BCUT2D eigenvalue weighted by molar-refractivity contribution is -0.143. The van der Waals surface area contributed by atoms with Gasteiger partial charge in [-0.15, -0.1) is 0 Å². The van der Waals surface area contributed by atoms with Crippen LogP contribution in [0.5, 0.6) is 5.75 Å². The van der Waals surface area contributed by atoms with E-state index in [1.54, 1.807) is 12.1 Å². The number of anilines is 1. The molecule has 34 heavy (non-hydrogen) atoms. The Hall–Kier alpha value is -2.32. The van der Waals surface area contributed by atoms with E-state index in [2.05, 4.69) is 15.5 Å². The number of esters is 1. The van der Waals surface area contributed by atoms with Crippen LogP contribution in [0.2, 0.25) is 5.02 Å². The second-order valence-corrected chi connectivity index (χ2v) is 9.38. The fourth-order valence-electron chi connectivity index (χ4n) is 5.15. The van der Waals surface area contributed by atoms with Crippen LogP contribution in [0.15, 0.2) is 12.1 Å². The highest BCUT2D eigenvalue weighted by Gasteiger charge is 2.38. The topological polar surface area (TPSA) is 97.0 Å². The standard InChI is InChI=1S/C25H36ClN3O5/c1-4-33-23-15-22(27-16(3)30)21(26)14-20(23)25(32)28-17-12-18-8-6-9-19(13-17)29(18)11-7-10-24(31)34-5-2/h14-15,17-19H,4-13H2,1-3H3,(H,27,30)(H,28,32). The van der Waals surface area contributed by atoms with Crippen molar-refractivity contribution in [3.05, 3.63) is 22.7 Å². The lowest BCUT2D eigenvalue weighted by Gasteiger charge is -2.49. The van der Waals surface area contributed by atoms with Gasteiger partial charge in [-0.1, -0.05) is 18.0 Å². The number of hydrogen-bond donors (Lipinski definition) is 2. The number of hydrogen-bond acceptors (Lipinski definition) is 6. The van der Waals surface area contributed by atoms with Gasteiger partial charge in [-0.3, -0.25) is 19.3 Å². The monoisotopic (exact) mass is 493 g/mol. The zero-order valence-corrected chi connectivity index (χ0v) is 21.1. The van der Waals surface area contributed by atoms with Crippen molar-refractivity contribution in [1.82, 2.24) is 10.2 Å². The van der Waals surface area contributed by atoms with Gasteiger partial charge in [0.15, 0.2) is 0 Å². The van der Waals surface area contributed by atoms with Crippen LogP contribution in [0.4, 0.5) is 5.69 Å². The number of rotatable bonds is 10. The minimum absolute atomic E-state index is 0.0624. The van der Waals surface area contributed by atoms with Crippen LogP contribution in [0.1, 0.15) is 76.1 Å².